The fourth-order valence-electron chi connectivity index (χ4n) is 2.71. The van der Waals surface area contributed by atoms with Crippen LogP contribution in [0.3, 0.4) is 0 Å². The predicted molar refractivity (Wildman–Crippen MR) is 73.1 cm³/mol. The molecule has 2 saturated heterocycles. The number of rotatable bonds is 4. The number of ether oxygens (including phenoxy) is 2. The van der Waals surface area contributed by atoms with Crippen LogP contribution in [0.5, 0.6) is 0 Å². The lowest BCUT2D eigenvalue weighted by molar-refractivity contribution is -0.129. The van der Waals surface area contributed by atoms with Crippen LogP contribution in [-0.4, -0.2) is 59.9 Å². The van der Waals surface area contributed by atoms with Gasteiger partial charge in [-0.3, -0.25) is 9.69 Å². The average Bonchev–Trinajstić information content (AvgIpc) is 2.89. The van der Waals surface area contributed by atoms with Crippen LogP contribution in [0.4, 0.5) is 4.79 Å². The average molecular weight is 284 g/mol. The van der Waals surface area contributed by atoms with Gasteiger partial charge in [-0.25, -0.2) is 9.69 Å². The lowest BCUT2D eigenvalue weighted by Gasteiger charge is -2.29. The topological polar surface area (TPSA) is 59.1 Å². The molecule has 2 fully saturated rings. The molecule has 2 amide bonds. The van der Waals surface area contributed by atoms with E-state index in [1.807, 2.05) is 27.8 Å². The Morgan fingerprint density at radius 1 is 1.35 bits per heavy atom. The normalized spacial score (nSPS) is 29.8. The van der Waals surface area contributed by atoms with Crippen molar-refractivity contribution in [1.82, 2.24) is 9.80 Å². The zero-order valence-electron chi connectivity index (χ0n) is 12.7. The maximum absolute atomic E-state index is 12.2. The van der Waals surface area contributed by atoms with Gasteiger partial charge in [0.15, 0.2) is 0 Å². The number of amides is 2. The molecule has 6 nitrogen and oxygen atoms in total. The molecule has 0 aliphatic carbocycles. The number of hydrogen-bond acceptors (Lipinski definition) is 5. The molecule has 0 aromatic heterocycles. The van der Waals surface area contributed by atoms with Gasteiger partial charge in [-0.1, -0.05) is 6.92 Å². The Morgan fingerprint density at radius 2 is 2.05 bits per heavy atom. The number of imide groups is 1. The largest absolute Gasteiger partial charge is 0.447 e. The summed E-state index contributed by atoms with van der Waals surface area (Å²) in [7, 11) is 2.00. The highest BCUT2D eigenvalue weighted by atomic mass is 16.6. The number of likely N-dealkylation sites (N-methyl/N-ethyl adjacent to an activating group) is 1. The second kappa shape index (κ2) is 5.69. The Balaban J connectivity index is 1.88. The highest BCUT2D eigenvalue weighted by molar-refractivity contribution is 5.93. The zero-order chi connectivity index (χ0) is 14.9. The summed E-state index contributed by atoms with van der Waals surface area (Å²) in [4.78, 5) is 27.2. The molecule has 114 valence electrons. The van der Waals surface area contributed by atoms with Crippen molar-refractivity contribution in [1.29, 1.82) is 0 Å². The minimum Gasteiger partial charge on any atom is -0.447 e. The van der Waals surface area contributed by atoms with E-state index in [0.29, 0.717) is 26.1 Å². The van der Waals surface area contributed by atoms with E-state index in [4.69, 9.17) is 9.47 Å². The minimum atomic E-state index is -0.502. The van der Waals surface area contributed by atoms with Crippen LogP contribution >= 0.6 is 0 Å². The molecule has 2 aliphatic rings. The summed E-state index contributed by atoms with van der Waals surface area (Å²) in [5.74, 6) is -0.141. The van der Waals surface area contributed by atoms with E-state index in [-0.39, 0.29) is 23.7 Å². The summed E-state index contributed by atoms with van der Waals surface area (Å²) in [6, 6.07) is 0.108. The Labute approximate surface area is 120 Å². The van der Waals surface area contributed by atoms with E-state index in [2.05, 4.69) is 4.90 Å². The van der Waals surface area contributed by atoms with Crippen LogP contribution in [0.2, 0.25) is 0 Å². The van der Waals surface area contributed by atoms with E-state index < -0.39 is 6.09 Å². The summed E-state index contributed by atoms with van der Waals surface area (Å²) in [6.07, 6.45) is 1.27. The summed E-state index contributed by atoms with van der Waals surface area (Å²) in [5, 5.41) is 0. The Bertz CT molecular complexity index is 397. The summed E-state index contributed by atoms with van der Waals surface area (Å²) in [5.41, 5.74) is -0.285. The highest BCUT2D eigenvalue weighted by Crippen LogP contribution is 2.28. The van der Waals surface area contributed by atoms with Gasteiger partial charge in [0.25, 0.3) is 0 Å². The van der Waals surface area contributed by atoms with Crippen molar-refractivity contribution in [3.05, 3.63) is 0 Å². The third kappa shape index (κ3) is 2.81. The standard InChI is InChI=1S/C14H24N2O4/c1-5-10-8-19-13(18)16(10)12(17)7-6-11-9-20-14(2,3)15(11)4/h10-11H,5-9H2,1-4H3/t10-,11-/m0/s1. The fraction of sp³-hybridized carbons (Fsp3) is 0.857. The van der Waals surface area contributed by atoms with Crippen molar-refractivity contribution < 1.29 is 19.1 Å². The van der Waals surface area contributed by atoms with Crippen molar-refractivity contribution in [2.24, 2.45) is 0 Å². The van der Waals surface area contributed by atoms with Gasteiger partial charge in [0.05, 0.1) is 12.6 Å². The molecular formula is C14H24N2O4. The molecule has 0 aromatic rings. The van der Waals surface area contributed by atoms with E-state index in [0.717, 1.165) is 6.42 Å². The SMILES string of the molecule is CC[C@H]1COC(=O)N1C(=O)CC[C@H]1COC(C)(C)N1C. The molecule has 2 rings (SSSR count). The van der Waals surface area contributed by atoms with Crippen molar-refractivity contribution in [2.45, 2.75) is 57.8 Å². The monoisotopic (exact) mass is 284 g/mol. The van der Waals surface area contributed by atoms with Gasteiger partial charge in [-0.2, -0.15) is 0 Å². The van der Waals surface area contributed by atoms with Crippen LogP contribution in [0.25, 0.3) is 0 Å². The van der Waals surface area contributed by atoms with Gasteiger partial charge < -0.3 is 9.47 Å². The van der Waals surface area contributed by atoms with Crippen molar-refractivity contribution in [3.8, 4) is 0 Å². The maximum atomic E-state index is 12.2. The maximum Gasteiger partial charge on any atom is 0.416 e. The van der Waals surface area contributed by atoms with Gasteiger partial charge in [0.1, 0.15) is 12.3 Å². The zero-order valence-corrected chi connectivity index (χ0v) is 12.7. The highest BCUT2D eigenvalue weighted by Gasteiger charge is 2.40. The first-order valence-corrected chi connectivity index (χ1v) is 7.22. The van der Waals surface area contributed by atoms with Gasteiger partial charge in [0, 0.05) is 12.5 Å². The molecule has 2 heterocycles. The number of nitrogens with zero attached hydrogens (tertiary/aromatic N) is 2. The first-order chi connectivity index (χ1) is 9.36. The third-order valence-corrected chi connectivity index (χ3v) is 4.42. The van der Waals surface area contributed by atoms with E-state index in [9.17, 15) is 9.59 Å². The third-order valence-electron chi connectivity index (χ3n) is 4.42. The Hall–Kier alpha value is -1.14. The Morgan fingerprint density at radius 3 is 2.60 bits per heavy atom. The second-order valence-electron chi connectivity index (χ2n) is 5.96. The molecule has 20 heavy (non-hydrogen) atoms. The van der Waals surface area contributed by atoms with Crippen molar-refractivity contribution in [2.75, 3.05) is 20.3 Å². The molecule has 0 bridgehead atoms. The second-order valence-corrected chi connectivity index (χ2v) is 5.96. The number of carbonyl (C=O) groups excluding carboxylic acids is 2. The molecule has 0 unspecified atom stereocenters. The van der Waals surface area contributed by atoms with Crippen LogP contribution < -0.4 is 0 Å². The molecule has 6 heteroatoms. The summed E-state index contributed by atoms with van der Waals surface area (Å²) in [6.45, 7) is 6.92. The smallest absolute Gasteiger partial charge is 0.416 e. The van der Waals surface area contributed by atoms with Crippen molar-refractivity contribution in [3.63, 3.8) is 0 Å². The first kappa shape index (κ1) is 15.3. The molecule has 0 aromatic carbocycles. The number of cyclic esters (lactones) is 1. The van der Waals surface area contributed by atoms with Crippen LogP contribution in [-0.2, 0) is 14.3 Å². The molecule has 2 aliphatic heterocycles. The van der Waals surface area contributed by atoms with Gasteiger partial charge in [-0.05, 0) is 33.7 Å². The summed E-state index contributed by atoms with van der Waals surface area (Å²) >= 11 is 0. The fourth-order valence-corrected chi connectivity index (χ4v) is 2.71. The van der Waals surface area contributed by atoms with E-state index in [1.54, 1.807) is 0 Å². The van der Waals surface area contributed by atoms with Gasteiger partial charge in [-0.15, -0.1) is 0 Å². The summed E-state index contributed by atoms with van der Waals surface area (Å²) < 4.78 is 10.6. The van der Waals surface area contributed by atoms with Crippen LogP contribution in [0.15, 0.2) is 0 Å². The molecular weight excluding hydrogens is 260 g/mol. The first-order valence-electron chi connectivity index (χ1n) is 7.22. The lowest BCUT2D eigenvalue weighted by atomic mass is 10.1. The van der Waals surface area contributed by atoms with E-state index >= 15 is 0 Å². The Kier molecular flexibility index (Phi) is 4.34. The van der Waals surface area contributed by atoms with Gasteiger partial charge in [0.2, 0.25) is 5.91 Å². The molecule has 0 radical (unpaired) electrons. The molecule has 0 spiro atoms. The number of carbonyl (C=O) groups is 2. The minimum absolute atomic E-state index is 0.107. The predicted octanol–water partition coefficient (Wildman–Crippen LogP) is 1.59. The molecule has 2 atom stereocenters. The van der Waals surface area contributed by atoms with Gasteiger partial charge >= 0.3 is 6.09 Å². The molecule has 0 N–H and O–H groups in total. The van der Waals surface area contributed by atoms with Crippen molar-refractivity contribution >= 4 is 12.0 Å². The molecule has 0 saturated carbocycles. The van der Waals surface area contributed by atoms with Crippen LogP contribution in [0, 0.1) is 0 Å². The quantitative estimate of drug-likeness (QED) is 0.784. The number of hydrogen-bond donors (Lipinski definition) is 0. The van der Waals surface area contributed by atoms with Crippen LogP contribution in [0.1, 0.15) is 40.0 Å². The lowest BCUT2D eigenvalue weighted by Crippen LogP contribution is -2.42. The van der Waals surface area contributed by atoms with E-state index in [1.165, 1.54) is 4.90 Å².